The molecule has 6 nitrogen and oxygen atoms in total. The smallest absolute Gasteiger partial charge is 0.355 e. The van der Waals surface area contributed by atoms with Crippen molar-refractivity contribution in [2.24, 2.45) is 5.41 Å². The number of amides is 1. The number of hydrogen-bond donors (Lipinski definition) is 2. The third-order valence-electron chi connectivity index (χ3n) is 3.45. The summed E-state index contributed by atoms with van der Waals surface area (Å²) in [7, 11) is 0. The van der Waals surface area contributed by atoms with E-state index in [0.29, 0.717) is 13.0 Å². The molecule has 1 fully saturated rings. The van der Waals surface area contributed by atoms with Crippen molar-refractivity contribution >= 4 is 5.91 Å². The molecule has 1 aromatic heterocycles. The van der Waals surface area contributed by atoms with Crippen molar-refractivity contribution in [2.45, 2.75) is 25.6 Å². The van der Waals surface area contributed by atoms with Crippen LogP contribution in [0.5, 0.6) is 0 Å². The Kier molecular flexibility index (Phi) is 4.26. The molecule has 2 N–H and O–H groups in total. The number of aromatic nitrogens is 3. The summed E-state index contributed by atoms with van der Waals surface area (Å²) in [6, 6.07) is 0. The molecule has 0 spiro atoms. The first-order chi connectivity index (χ1) is 9.46. The van der Waals surface area contributed by atoms with Gasteiger partial charge in [-0.25, -0.2) is 0 Å². The second-order valence-electron chi connectivity index (χ2n) is 4.78. The summed E-state index contributed by atoms with van der Waals surface area (Å²) in [5, 5.41) is 12.3. The Bertz CT molecular complexity index is 439. The van der Waals surface area contributed by atoms with E-state index in [9.17, 15) is 18.0 Å². The van der Waals surface area contributed by atoms with Crippen LogP contribution < -0.4 is 10.6 Å². The maximum atomic E-state index is 13.1. The number of aryl methyl sites for hydroxylation is 1. The minimum Gasteiger partial charge on any atom is -0.355 e. The van der Waals surface area contributed by atoms with Gasteiger partial charge in [0.05, 0.1) is 6.20 Å². The number of nitrogens with zero attached hydrogens (tertiary/aromatic N) is 3. The molecule has 1 saturated heterocycles. The molecule has 9 heteroatoms. The van der Waals surface area contributed by atoms with Crippen molar-refractivity contribution in [3.63, 3.8) is 0 Å². The van der Waals surface area contributed by atoms with Crippen LogP contribution in [-0.2, 0) is 11.3 Å². The summed E-state index contributed by atoms with van der Waals surface area (Å²) in [5.74, 6) is -0.950. The minimum atomic E-state index is -4.54. The van der Waals surface area contributed by atoms with Gasteiger partial charge in [-0.3, -0.25) is 9.48 Å². The fourth-order valence-corrected chi connectivity index (χ4v) is 2.22. The van der Waals surface area contributed by atoms with Gasteiger partial charge in [-0.05, 0) is 19.4 Å². The largest absolute Gasteiger partial charge is 0.404 e. The monoisotopic (exact) mass is 291 g/mol. The zero-order chi connectivity index (χ0) is 14.6. The number of hydrogen-bond acceptors (Lipinski definition) is 4. The van der Waals surface area contributed by atoms with Crippen molar-refractivity contribution in [2.75, 3.05) is 19.6 Å². The highest BCUT2D eigenvalue weighted by molar-refractivity contribution is 5.84. The maximum absolute atomic E-state index is 13.1. The lowest BCUT2D eigenvalue weighted by Gasteiger charge is -2.29. The van der Waals surface area contributed by atoms with Crippen LogP contribution in [0.15, 0.2) is 12.4 Å². The van der Waals surface area contributed by atoms with Crippen molar-refractivity contribution in [1.29, 1.82) is 0 Å². The molecule has 0 aliphatic carbocycles. The molecule has 1 aliphatic rings. The Hall–Kier alpha value is -1.64. The Balaban J connectivity index is 1.84. The van der Waals surface area contributed by atoms with Crippen molar-refractivity contribution < 1.29 is 18.0 Å². The highest BCUT2D eigenvalue weighted by Gasteiger charge is 2.61. The average molecular weight is 291 g/mol. The lowest BCUT2D eigenvalue weighted by molar-refractivity contribution is -0.216. The van der Waals surface area contributed by atoms with Crippen LogP contribution in [0, 0.1) is 5.41 Å². The SMILES string of the molecule is O=C(NCCCn1ccnn1)C1(C(F)(F)F)CCNC1. The fourth-order valence-electron chi connectivity index (χ4n) is 2.22. The maximum Gasteiger partial charge on any atom is 0.404 e. The summed E-state index contributed by atoms with van der Waals surface area (Å²) in [5.41, 5.74) is -2.29. The van der Waals surface area contributed by atoms with Crippen LogP contribution in [0.1, 0.15) is 12.8 Å². The summed E-state index contributed by atoms with van der Waals surface area (Å²) in [4.78, 5) is 11.9. The van der Waals surface area contributed by atoms with Crippen LogP contribution in [0.25, 0.3) is 0 Å². The number of alkyl halides is 3. The first-order valence-corrected chi connectivity index (χ1v) is 6.35. The van der Waals surface area contributed by atoms with Crippen LogP contribution >= 0.6 is 0 Å². The summed E-state index contributed by atoms with van der Waals surface area (Å²) >= 11 is 0. The van der Waals surface area contributed by atoms with Gasteiger partial charge in [0.2, 0.25) is 5.91 Å². The molecule has 1 aromatic rings. The predicted octanol–water partition coefficient (Wildman–Crippen LogP) is 0.326. The molecule has 0 saturated carbocycles. The van der Waals surface area contributed by atoms with E-state index >= 15 is 0 Å². The van der Waals surface area contributed by atoms with E-state index in [0.717, 1.165) is 0 Å². The highest BCUT2D eigenvalue weighted by atomic mass is 19.4. The van der Waals surface area contributed by atoms with Crippen LogP contribution in [0.2, 0.25) is 0 Å². The third-order valence-corrected chi connectivity index (χ3v) is 3.45. The van der Waals surface area contributed by atoms with Gasteiger partial charge in [0, 0.05) is 25.8 Å². The minimum absolute atomic E-state index is 0.177. The molecule has 2 heterocycles. The second-order valence-corrected chi connectivity index (χ2v) is 4.78. The summed E-state index contributed by atoms with van der Waals surface area (Å²) in [6.45, 7) is 0.519. The van der Waals surface area contributed by atoms with Crippen LogP contribution in [-0.4, -0.2) is 46.7 Å². The van der Waals surface area contributed by atoms with Gasteiger partial charge >= 0.3 is 6.18 Å². The zero-order valence-electron chi connectivity index (χ0n) is 10.8. The molecule has 1 unspecified atom stereocenters. The van der Waals surface area contributed by atoms with Gasteiger partial charge in [-0.2, -0.15) is 13.2 Å². The van der Waals surface area contributed by atoms with E-state index in [2.05, 4.69) is 20.9 Å². The van der Waals surface area contributed by atoms with Gasteiger partial charge in [-0.15, -0.1) is 5.10 Å². The molecule has 20 heavy (non-hydrogen) atoms. The molecule has 1 atom stereocenters. The van der Waals surface area contributed by atoms with Gasteiger partial charge in [0.15, 0.2) is 5.41 Å². The van der Waals surface area contributed by atoms with Gasteiger partial charge in [-0.1, -0.05) is 5.21 Å². The standard InChI is InChI=1S/C11H16F3N5O/c12-11(13,14)10(2-4-15-8-10)9(20)16-3-1-6-19-7-5-17-18-19/h5,7,15H,1-4,6,8H2,(H,16,20). The number of halogens is 3. The molecule has 2 rings (SSSR count). The summed E-state index contributed by atoms with van der Waals surface area (Å²) < 4.78 is 40.8. The third kappa shape index (κ3) is 2.92. The van der Waals surface area contributed by atoms with E-state index in [1.165, 1.54) is 6.20 Å². The van der Waals surface area contributed by atoms with Crippen LogP contribution in [0.4, 0.5) is 13.2 Å². The molecule has 0 bridgehead atoms. The van der Waals surface area contributed by atoms with E-state index < -0.39 is 17.5 Å². The second kappa shape index (κ2) is 5.78. The van der Waals surface area contributed by atoms with Crippen molar-refractivity contribution in [1.82, 2.24) is 25.6 Å². The highest BCUT2D eigenvalue weighted by Crippen LogP contribution is 2.43. The van der Waals surface area contributed by atoms with Crippen molar-refractivity contribution in [3.8, 4) is 0 Å². The number of carbonyl (C=O) groups is 1. The van der Waals surface area contributed by atoms with E-state index in [4.69, 9.17) is 0 Å². The Morgan fingerprint density at radius 3 is 2.85 bits per heavy atom. The molecule has 0 radical (unpaired) electrons. The number of rotatable bonds is 5. The normalized spacial score (nSPS) is 22.9. The van der Waals surface area contributed by atoms with Gasteiger partial charge in [0.1, 0.15) is 0 Å². The summed E-state index contributed by atoms with van der Waals surface area (Å²) in [6.07, 6.45) is -1.09. The van der Waals surface area contributed by atoms with E-state index in [-0.39, 0.29) is 26.1 Å². The average Bonchev–Trinajstić information content (AvgIpc) is 3.04. The van der Waals surface area contributed by atoms with Gasteiger partial charge in [0.25, 0.3) is 0 Å². The van der Waals surface area contributed by atoms with E-state index in [1.807, 2.05) is 0 Å². The Morgan fingerprint density at radius 1 is 1.50 bits per heavy atom. The zero-order valence-corrected chi connectivity index (χ0v) is 10.8. The topological polar surface area (TPSA) is 71.8 Å². The fraction of sp³-hybridized carbons (Fsp3) is 0.727. The predicted molar refractivity (Wildman–Crippen MR) is 63.6 cm³/mol. The molecular formula is C11H16F3N5O. The first kappa shape index (κ1) is 14.8. The first-order valence-electron chi connectivity index (χ1n) is 6.35. The quantitative estimate of drug-likeness (QED) is 0.767. The number of carbonyl (C=O) groups excluding carboxylic acids is 1. The lowest BCUT2D eigenvalue weighted by atomic mass is 9.85. The Labute approximate surface area is 113 Å². The Morgan fingerprint density at radius 2 is 2.30 bits per heavy atom. The number of nitrogens with one attached hydrogen (secondary N) is 2. The van der Waals surface area contributed by atoms with Crippen LogP contribution in [0.3, 0.4) is 0 Å². The van der Waals surface area contributed by atoms with Gasteiger partial charge < -0.3 is 10.6 Å². The lowest BCUT2D eigenvalue weighted by Crippen LogP contribution is -2.52. The van der Waals surface area contributed by atoms with E-state index in [1.54, 1.807) is 10.9 Å². The van der Waals surface area contributed by atoms with Crippen molar-refractivity contribution in [3.05, 3.63) is 12.4 Å². The molecule has 112 valence electrons. The molecular weight excluding hydrogens is 275 g/mol. The molecule has 0 aromatic carbocycles. The molecule has 1 aliphatic heterocycles. The molecule has 1 amide bonds.